The molecule has 5 N–H and O–H groups in total. The summed E-state index contributed by atoms with van der Waals surface area (Å²) in [7, 11) is 0. The second kappa shape index (κ2) is 17.6. The number of pyridine rings is 1. The van der Waals surface area contributed by atoms with Gasteiger partial charge in [0.2, 0.25) is 17.7 Å². The first-order valence-corrected chi connectivity index (χ1v) is 19.9. The van der Waals surface area contributed by atoms with Gasteiger partial charge in [0.1, 0.15) is 6.04 Å². The van der Waals surface area contributed by atoms with E-state index in [1.165, 1.54) is 22.4 Å². The van der Waals surface area contributed by atoms with Crippen LogP contribution in [0.25, 0.3) is 10.1 Å². The van der Waals surface area contributed by atoms with Crippen molar-refractivity contribution in [3.05, 3.63) is 118 Å². The molecule has 292 valence electrons. The summed E-state index contributed by atoms with van der Waals surface area (Å²) in [6, 6.07) is 21.8. The average molecular weight is 786 g/mol. The van der Waals surface area contributed by atoms with Crippen molar-refractivity contribution in [2.45, 2.75) is 71.0 Å². The van der Waals surface area contributed by atoms with Gasteiger partial charge in [0.15, 0.2) is 5.82 Å². The fraction of sp³-hybridized carbons (Fsp3) is 0.279. The van der Waals surface area contributed by atoms with Gasteiger partial charge in [-0.05, 0) is 67.1 Å². The molecule has 2 aromatic heterocycles. The number of nitrogens with one attached hydrogen (secondary N) is 5. The SMILES string of the molecule is Cc1ccccc1Nc1ncc(C(=O)NCCCCCCC(=O)NCc2ccc3c(c2)CN(C2CCC(=O)NC2=O)C3=O)cc1NC(=O)c1csc2ccccc12. The van der Waals surface area contributed by atoms with Crippen molar-refractivity contribution in [1.82, 2.24) is 25.8 Å². The Bertz CT molecular complexity index is 2380. The van der Waals surface area contributed by atoms with E-state index < -0.39 is 11.9 Å². The van der Waals surface area contributed by atoms with E-state index in [2.05, 4.69) is 31.6 Å². The Kier molecular flexibility index (Phi) is 12.0. The minimum atomic E-state index is -0.670. The van der Waals surface area contributed by atoms with Crippen LogP contribution in [0.1, 0.15) is 92.7 Å². The fourth-order valence-electron chi connectivity index (χ4n) is 7.06. The second-order valence-electron chi connectivity index (χ2n) is 14.2. The maximum Gasteiger partial charge on any atom is 0.257 e. The van der Waals surface area contributed by atoms with Gasteiger partial charge in [0, 0.05) is 65.4 Å². The van der Waals surface area contributed by atoms with E-state index in [0.29, 0.717) is 60.5 Å². The van der Waals surface area contributed by atoms with E-state index in [9.17, 15) is 28.8 Å². The Morgan fingerprint density at radius 2 is 1.70 bits per heavy atom. The lowest BCUT2D eigenvalue weighted by Gasteiger charge is -2.29. The number of carbonyl (C=O) groups is 6. The Balaban J connectivity index is 0.851. The molecular weight excluding hydrogens is 743 g/mol. The molecule has 13 nitrogen and oxygen atoms in total. The Morgan fingerprint density at radius 1 is 0.895 bits per heavy atom. The number of hydrogen-bond acceptors (Lipinski definition) is 9. The number of imide groups is 1. The lowest BCUT2D eigenvalue weighted by Crippen LogP contribution is -2.52. The minimum absolute atomic E-state index is 0.0759. The predicted octanol–water partition coefficient (Wildman–Crippen LogP) is 6.36. The summed E-state index contributed by atoms with van der Waals surface area (Å²) in [5, 5.41) is 17.2. The molecule has 2 aliphatic rings. The van der Waals surface area contributed by atoms with Gasteiger partial charge in [-0.3, -0.25) is 34.1 Å². The van der Waals surface area contributed by atoms with Crippen LogP contribution in [0.5, 0.6) is 0 Å². The van der Waals surface area contributed by atoms with E-state index in [4.69, 9.17) is 0 Å². The lowest BCUT2D eigenvalue weighted by molar-refractivity contribution is -0.137. The number of amides is 6. The number of anilines is 3. The monoisotopic (exact) mass is 785 g/mol. The molecule has 2 aliphatic heterocycles. The van der Waals surface area contributed by atoms with Gasteiger partial charge >= 0.3 is 0 Å². The molecule has 3 aromatic carbocycles. The highest BCUT2D eigenvalue weighted by Crippen LogP contribution is 2.31. The molecule has 6 amide bonds. The number of benzene rings is 3. The van der Waals surface area contributed by atoms with Crippen LogP contribution in [0.4, 0.5) is 17.2 Å². The summed E-state index contributed by atoms with van der Waals surface area (Å²) in [6.45, 7) is 3.02. The second-order valence-corrected chi connectivity index (χ2v) is 15.2. The number of piperidine rings is 1. The molecule has 0 radical (unpaired) electrons. The number of hydrogen-bond donors (Lipinski definition) is 5. The first kappa shape index (κ1) is 38.8. The molecule has 1 fully saturated rings. The van der Waals surface area contributed by atoms with E-state index in [-0.39, 0.29) is 42.5 Å². The number of carbonyl (C=O) groups excluding carboxylic acids is 6. The normalized spacial score (nSPS) is 14.9. The average Bonchev–Trinajstić information content (AvgIpc) is 3.79. The molecule has 1 saturated heterocycles. The van der Waals surface area contributed by atoms with Gasteiger partial charge in [-0.25, -0.2) is 4.98 Å². The Labute approximate surface area is 333 Å². The van der Waals surface area contributed by atoms with Crippen molar-refractivity contribution in [3.8, 4) is 0 Å². The van der Waals surface area contributed by atoms with Crippen LogP contribution in [0.3, 0.4) is 0 Å². The van der Waals surface area contributed by atoms with Crippen LogP contribution in [0.2, 0.25) is 0 Å². The molecule has 0 aliphatic carbocycles. The predicted molar refractivity (Wildman–Crippen MR) is 218 cm³/mol. The summed E-state index contributed by atoms with van der Waals surface area (Å²) >= 11 is 1.49. The zero-order valence-corrected chi connectivity index (χ0v) is 32.3. The molecule has 0 bridgehead atoms. The maximum atomic E-state index is 13.5. The summed E-state index contributed by atoms with van der Waals surface area (Å²) in [5.41, 5.74) is 5.25. The number of rotatable bonds is 15. The van der Waals surface area contributed by atoms with E-state index in [1.54, 1.807) is 18.2 Å². The van der Waals surface area contributed by atoms with Crippen molar-refractivity contribution in [2.24, 2.45) is 0 Å². The van der Waals surface area contributed by atoms with Crippen molar-refractivity contribution in [1.29, 1.82) is 0 Å². The quantitative estimate of drug-likeness (QED) is 0.0602. The minimum Gasteiger partial charge on any atom is -0.352 e. The van der Waals surface area contributed by atoms with Crippen molar-refractivity contribution < 1.29 is 28.8 Å². The zero-order chi connectivity index (χ0) is 39.9. The van der Waals surface area contributed by atoms with E-state index in [1.807, 2.05) is 66.9 Å². The van der Waals surface area contributed by atoms with Crippen molar-refractivity contribution in [3.63, 3.8) is 0 Å². The summed E-state index contributed by atoms with van der Waals surface area (Å²) in [4.78, 5) is 82.1. The number of aryl methyl sites for hydroxylation is 1. The lowest BCUT2D eigenvalue weighted by atomic mass is 10.0. The summed E-state index contributed by atoms with van der Waals surface area (Å²) in [5.74, 6) is -1.26. The first-order valence-electron chi connectivity index (χ1n) is 19.1. The molecule has 0 saturated carbocycles. The molecule has 1 atom stereocenters. The highest BCUT2D eigenvalue weighted by Gasteiger charge is 2.39. The number of nitrogens with zero attached hydrogens (tertiary/aromatic N) is 2. The van der Waals surface area contributed by atoms with Crippen LogP contribution in [-0.2, 0) is 27.5 Å². The zero-order valence-electron chi connectivity index (χ0n) is 31.5. The van der Waals surface area contributed by atoms with Crippen LogP contribution in [-0.4, -0.2) is 57.9 Å². The third kappa shape index (κ3) is 9.18. The standard InChI is InChI=1S/C43H43N7O6S/c1-26-10-5-7-12-33(26)47-39-34(48-41(54)32-25-57-36-13-8-6-11-31(32)36)21-28(23-46-39)40(53)44-19-9-3-2-4-14-37(51)45-22-27-15-16-30-29(20-27)24-50(43(30)56)35-17-18-38(52)49-42(35)55/h5-8,10-13,15-16,20-21,23,25,35H,2-4,9,14,17-19,22,24H2,1H3,(H,44,53)(H,45,51)(H,46,47)(H,48,54)(H,49,52,55). The number of fused-ring (bicyclic) bond motifs is 2. The number of thiophene rings is 1. The summed E-state index contributed by atoms with van der Waals surface area (Å²) in [6.07, 6.45) is 5.42. The van der Waals surface area contributed by atoms with Crippen LogP contribution < -0.4 is 26.6 Å². The first-order chi connectivity index (χ1) is 27.6. The molecule has 0 spiro atoms. The van der Waals surface area contributed by atoms with Gasteiger partial charge in [0.05, 0.1) is 16.8 Å². The highest BCUT2D eigenvalue weighted by molar-refractivity contribution is 7.17. The van der Waals surface area contributed by atoms with Crippen LogP contribution >= 0.6 is 11.3 Å². The maximum absolute atomic E-state index is 13.5. The van der Waals surface area contributed by atoms with Gasteiger partial charge in [-0.15, -0.1) is 11.3 Å². The van der Waals surface area contributed by atoms with E-state index in [0.717, 1.165) is 51.7 Å². The molecule has 4 heterocycles. The molecular formula is C43H43N7O6S. The van der Waals surface area contributed by atoms with Crippen molar-refractivity contribution in [2.75, 3.05) is 17.2 Å². The van der Waals surface area contributed by atoms with Gasteiger partial charge in [-0.2, -0.15) is 0 Å². The van der Waals surface area contributed by atoms with Crippen molar-refractivity contribution >= 4 is 74.1 Å². The van der Waals surface area contributed by atoms with Crippen LogP contribution in [0.15, 0.2) is 84.4 Å². The summed E-state index contributed by atoms with van der Waals surface area (Å²) < 4.78 is 1.01. The highest BCUT2D eigenvalue weighted by atomic mass is 32.1. The number of aromatic nitrogens is 1. The topological polar surface area (TPSA) is 179 Å². The third-order valence-electron chi connectivity index (χ3n) is 10.2. The Hall–Kier alpha value is -6.41. The van der Waals surface area contributed by atoms with Gasteiger partial charge in [-0.1, -0.05) is 61.4 Å². The number of para-hydroxylation sites is 1. The van der Waals surface area contributed by atoms with Gasteiger partial charge < -0.3 is 26.2 Å². The fourth-order valence-corrected chi connectivity index (χ4v) is 8.00. The Morgan fingerprint density at radius 3 is 2.54 bits per heavy atom. The third-order valence-corrected chi connectivity index (χ3v) is 11.2. The molecule has 14 heteroatoms. The molecule has 57 heavy (non-hydrogen) atoms. The van der Waals surface area contributed by atoms with E-state index >= 15 is 0 Å². The smallest absolute Gasteiger partial charge is 0.257 e. The van der Waals surface area contributed by atoms with Gasteiger partial charge in [0.25, 0.3) is 17.7 Å². The largest absolute Gasteiger partial charge is 0.352 e. The van der Waals surface area contributed by atoms with Crippen LogP contribution in [0, 0.1) is 6.92 Å². The molecule has 1 unspecified atom stereocenters. The number of unbranched alkanes of at least 4 members (excludes halogenated alkanes) is 3. The molecule has 5 aromatic rings. The molecule has 7 rings (SSSR count).